The minimum atomic E-state index is 0.195. The third-order valence-electron chi connectivity index (χ3n) is 5.01. The van der Waals surface area contributed by atoms with Gasteiger partial charge in [0.1, 0.15) is 0 Å². The Bertz CT molecular complexity index is 629. The van der Waals surface area contributed by atoms with Crippen LogP contribution in [0.2, 0.25) is 0 Å². The fourth-order valence-corrected chi connectivity index (χ4v) is 3.57. The Hall–Kier alpha value is -2.12. The highest BCUT2D eigenvalue weighted by Gasteiger charge is 2.26. The lowest BCUT2D eigenvalue weighted by molar-refractivity contribution is -0.135. The average molecular weight is 323 g/mol. The van der Waals surface area contributed by atoms with Gasteiger partial charge in [0.15, 0.2) is 0 Å². The zero-order chi connectivity index (χ0) is 16.8. The van der Waals surface area contributed by atoms with Crippen LogP contribution in [0.1, 0.15) is 36.8 Å². The molecule has 1 atom stereocenters. The van der Waals surface area contributed by atoms with Crippen molar-refractivity contribution in [3.05, 3.63) is 47.5 Å². The Balaban J connectivity index is 1.53. The van der Waals surface area contributed by atoms with Gasteiger partial charge < -0.3 is 4.90 Å². The van der Waals surface area contributed by atoms with Crippen LogP contribution >= 0.6 is 0 Å². The van der Waals surface area contributed by atoms with Crippen molar-refractivity contribution < 1.29 is 4.79 Å². The second-order valence-corrected chi connectivity index (χ2v) is 6.75. The highest BCUT2D eigenvalue weighted by atomic mass is 16.2. The molecule has 1 aliphatic heterocycles. The quantitative estimate of drug-likeness (QED) is 0.804. The molecule has 0 spiro atoms. The summed E-state index contributed by atoms with van der Waals surface area (Å²) in [4.78, 5) is 17.2. The monoisotopic (exact) mass is 323 g/mol. The van der Waals surface area contributed by atoms with Crippen LogP contribution in [0.3, 0.4) is 0 Å². The molecule has 4 heteroatoms. The van der Waals surface area contributed by atoms with E-state index in [0.717, 1.165) is 58.4 Å². The molecule has 126 valence electrons. The zero-order valence-electron chi connectivity index (χ0n) is 14.2. The molecule has 0 aromatic heterocycles. The Kier molecular flexibility index (Phi) is 5.66. The summed E-state index contributed by atoms with van der Waals surface area (Å²) in [5.41, 5.74) is 1.93. The van der Waals surface area contributed by atoms with Gasteiger partial charge in [-0.2, -0.15) is 5.26 Å². The minimum absolute atomic E-state index is 0.195. The SMILES string of the molecule is N#Cc1ccc(CN2CCCN(C(=O)C3CC=CCC3)CC2)cc1. The van der Waals surface area contributed by atoms with E-state index in [0.29, 0.717) is 11.5 Å². The molecule has 0 saturated carbocycles. The van der Waals surface area contributed by atoms with Gasteiger partial charge in [-0.05, 0) is 43.4 Å². The summed E-state index contributed by atoms with van der Waals surface area (Å²) in [6.45, 7) is 4.54. The second kappa shape index (κ2) is 8.12. The van der Waals surface area contributed by atoms with Gasteiger partial charge in [0, 0.05) is 38.6 Å². The van der Waals surface area contributed by atoms with Crippen LogP contribution < -0.4 is 0 Å². The van der Waals surface area contributed by atoms with Crippen LogP contribution in [0.5, 0.6) is 0 Å². The minimum Gasteiger partial charge on any atom is -0.341 e. The molecular weight excluding hydrogens is 298 g/mol. The second-order valence-electron chi connectivity index (χ2n) is 6.75. The lowest BCUT2D eigenvalue weighted by Crippen LogP contribution is -2.39. The highest BCUT2D eigenvalue weighted by molar-refractivity contribution is 5.79. The van der Waals surface area contributed by atoms with Crippen molar-refractivity contribution >= 4 is 5.91 Å². The van der Waals surface area contributed by atoms with Gasteiger partial charge >= 0.3 is 0 Å². The van der Waals surface area contributed by atoms with E-state index in [1.807, 2.05) is 24.3 Å². The number of benzene rings is 1. The zero-order valence-corrected chi connectivity index (χ0v) is 14.2. The van der Waals surface area contributed by atoms with Gasteiger partial charge in [-0.15, -0.1) is 0 Å². The van der Waals surface area contributed by atoms with E-state index < -0.39 is 0 Å². The van der Waals surface area contributed by atoms with Gasteiger partial charge in [0.2, 0.25) is 5.91 Å². The lowest BCUT2D eigenvalue weighted by Gasteiger charge is -2.27. The number of carbonyl (C=O) groups is 1. The maximum absolute atomic E-state index is 12.7. The van der Waals surface area contributed by atoms with Gasteiger partial charge in [-0.3, -0.25) is 9.69 Å². The van der Waals surface area contributed by atoms with Crippen molar-refractivity contribution in [2.45, 2.75) is 32.2 Å². The summed E-state index contributed by atoms with van der Waals surface area (Å²) in [6.07, 6.45) is 8.32. The van der Waals surface area contributed by atoms with Crippen molar-refractivity contribution in [2.24, 2.45) is 5.92 Å². The van der Waals surface area contributed by atoms with Crippen molar-refractivity contribution in [3.8, 4) is 6.07 Å². The van der Waals surface area contributed by atoms with E-state index in [2.05, 4.69) is 28.0 Å². The molecule has 24 heavy (non-hydrogen) atoms. The van der Waals surface area contributed by atoms with Gasteiger partial charge in [0.05, 0.1) is 11.6 Å². The van der Waals surface area contributed by atoms with Crippen LogP contribution in [0.25, 0.3) is 0 Å². The van der Waals surface area contributed by atoms with Crippen LogP contribution in [0.4, 0.5) is 0 Å². The molecule has 4 nitrogen and oxygen atoms in total. The molecule has 1 aliphatic carbocycles. The van der Waals surface area contributed by atoms with Crippen LogP contribution in [-0.4, -0.2) is 41.9 Å². The number of hydrogen-bond acceptors (Lipinski definition) is 3. The van der Waals surface area contributed by atoms with Gasteiger partial charge in [-0.25, -0.2) is 0 Å². The first-order valence-electron chi connectivity index (χ1n) is 8.91. The topological polar surface area (TPSA) is 47.3 Å². The fourth-order valence-electron chi connectivity index (χ4n) is 3.57. The van der Waals surface area contributed by atoms with Crippen LogP contribution in [-0.2, 0) is 11.3 Å². The average Bonchev–Trinajstić information content (AvgIpc) is 2.88. The molecule has 0 N–H and O–H groups in total. The molecule has 1 aromatic rings. The molecule has 2 aliphatic rings. The van der Waals surface area contributed by atoms with E-state index in [4.69, 9.17) is 5.26 Å². The number of hydrogen-bond donors (Lipinski definition) is 0. The lowest BCUT2D eigenvalue weighted by atomic mass is 9.93. The van der Waals surface area contributed by atoms with Crippen molar-refractivity contribution in [1.82, 2.24) is 9.80 Å². The third kappa shape index (κ3) is 4.24. The van der Waals surface area contributed by atoms with Crippen molar-refractivity contribution in [1.29, 1.82) is 5.26 Å². The van der Waals surface area contributed by atoms with Gasteiger partial charge in [-0.1, -0.05) is 24.3 Å². The molecule has 0 radical (unpaired) electrons. The van der Waals surface area contributed by atoms with E-state index in [1.54, 1.807) is 0 Å². The van der Waals surface area contributed by atoms with Crippen LogP contribution in [0.15, 0.2) is 36.4 Å². The Labute approximate surface area is 144 Å². The molecular formula is C20H25N3O. The number of allylic oxidation sites excluding steroid dienone is 2. The largest absolute Gasteiger partial charge is 0.341 e. The molecule has 3 rings (SSSR count). The number of nitrogens with zero attached hydrogens (tertiary/aromatic N) is 3. The molecule has 1 heterocycles. The molecule has 1 unspecified atom stereocenters. The maximum Gasteiger partial charge on any atom is 0.226 e. The molecule has 0 bridgehead atoms. The normalized spacial score (nSPS) is 22.0. The summed E-state index contributed by atoms with van der Waals surface area (Å²) < 4.78 is 0. The van der Waals surface area contributed by atoms with E-state index in [1.165, 1.54) is 5.56 Å². The summed E-state index contributed by atoms with van der Waals surface area (Å²) in [7, 11) is 0. The van der Waals surface area contributed by atoms with Crippen LogP contribution in [0, 0.1) is 17.2 Å². The van der Waals surface area contributed by atoms with E-state index in [9.17, 15) is 4.79 Å². The van der Waals surface area contributed by atoms with Crippen molar-refractivity contribution in [3.63, 3.8) is 0 Å². The molecule has 1 fully saturated rings. The predicted molar refractivity (Wildman–Crippen MR) is 94.1 cm³/mol. The fraction of sp³-hybridized carbons (Fsp3) is 0.500. The van der Waals surface area contributed by atoms with E-state index in [-0.39, 0.29) is 5.92 Å². The van der Waals surface area contributed by atoms with Gasteiger partial charge in [0.25, 0.3) is 0 Å². The first-order valence-corrected chi connectivity index (χ1v) is 8.91. The Morgan fingerprint density at radius 3 is 2.67 bits per heavy atom. The summed E-state index contributed by atoms with van der Waals surface area (Å²) in [5, 5.41) is 8.87. The number of nitriles is 1. The number of carbonyl (C=O) groups excluding carboxylic acids is 1. The number of amides is 1. The summed E-state index contributed by atoms with van der Waals surface area (Å²) in [6, 6.07) is 9.96. The van der Waals surface area contributed by atoms with E-state index >= 15 is 0 Å². The predicted octanol–water partition coefficient (Wildman–Crippen LogP) is 2.95. The smallest absolute Gasteiger partial charge is 0.226 e. The summed E-state index contributed by atoms with van der Waals surface area (Å²) in [5.74, 6) is 0.541. The highest BCUT2D eigenvalue weighted by Crippen LogP contribution is 2.21. The third-order valence-corrected chi connectivity index (χ3v) is 5.01. The maximum atomic E-state index is 12.7. The Morgan fingerprint density at radius 1 is 1.12 bits per heavy atom. The first kappa shape index (κ1) is 16.7. The summed E-state index contributed by atoms with van der Waals surface area (Å²) >= 11 is 0. The molecule has 1 saturated heterocycles. The standard InChI is InChI=1S/C20H25N3O/c21-15-17-7-9-18(10-8-17)16-22-11-4-12-23(14-13-22)20(24)19-5-2-1-3-6-19/h1-2,7-10,19H,3-6,11-14,16H2. The molecule has 1 amide bonds. The molecule has 1 aromatic carbocycles. The Morgan fingerprint density at radius 2 is 1.96 bits per heavy atom. The van der Waals surface area contributed by atoms with Crippen molar-refractivity contribution in [2.75, 3.05) is 26.2 Å². The number of rotatable bonds is 3. The first-order chi connectivity index (χ1) is 11.8.